The van der Waals surface area contributed by atoms with Crippen LogP contribution in [0.5, 0.6) is 0 Å². The minimum atomic E-state index is -3.43. The molecule has 0 bridgehead atoms. The van der Waals surface area contributed by atoms with Crippen LogP contribution in [0.4, 0.5) is 0 Å². The van der Waals surface area contributed by atoms with Gasteiger partial charge in [-0.05, 0) is 42.8 Å². The Kier molecular flexibility index (Phi) is 5.89. The minimum absolute atomic E-state index is 0.361. The van der Waals surface area contributed by atoms with E-state index in [0.29, 0.717) is 16.7 Å². The Morgan fingerprint density at radius 3 is 3.00 bits per heavy atom. The zero-order chi connectivity index (χ0) is 17.0. The summed E-state index contributed by atoms with van der Waals surface area (Å²) in [7, 11) is -1.72. The number of methoxy groups -OCH3 is 1. The van der Waals surface area contributed by atoms with Gasteiger partial charge in [-0.2, -0.15) is 0 Å². The monoisotopic (exact) mass is 368 g/mol. The van der Waals surface area contributed by atoms with E-state index in [1.54, 1.807) is 13.2 Å². The number of nitrogens with one attached hydrogen (secondary N) is 1. The van der Waals surface area contributed by atoms with Gasteiger partial charge >= 0.3 is 0 Å². The largest absolute Gasteiger partial charge is 0.383 e. The lowest BCUT2D eigenvalue weighted by Gasteiger charge is -2.32. The molecule has 7 heteroatoms. The molecule has 0 unspecified atom stereocenters. The molecule has 0 aliphatic carbocycles. The van der Waals surface area contributed by atoms with Crippen molar-refractivity contribution < 1.29 is 13.2 Å². The summed E-state index contributed by atoms with van der Waals surface area (Å²) >= 11 is 1.33. The summed E-state index contributed by atoms with van der Waals surface area (Å²) in [6.45, 7) is 4.14. The number of likely N-dealkylation sites (tertiary alicyclic amines) is 1. The predicted octanol–water partition coefficient (Wildman–Crippen LogP) is 2.54. The van der Waals surface area contributed by atoms with Crippen LogP contribution in [-0.2, 0) is 14.8 Å². The molecule has 1 aromatic carbocycles. The normalized spacial score (nSPS) is 19.8. The molecule has 5 nitrogen and oxygen atoms in total. The quantitative estimate of drug-likeness (QED) is 0.816. The van der Waals surface area contributed by atoms with Gasteiger partial charge in [0.15, 0.2) is 0 Å². The van der Waals surface area contributed by atoms with E-state index in [4.69, 9.17) is 4.74 Å². The Labute approximate surface area is 147 Å². The second-order valence-electron chi connectivity index (χ2n) is 6.26. The molecule has 3 rings (SSSR count). The number of fused-ring (bicyclic) bond motifs is 1. The first kappa shape index (κ1) is 17.8. The van der Waals surface area contributed by atoms with Crippen molar-refractivity contribution >= 4 is 31.4 Å². The van der Waals surface area contributed by atoms with Gasteiger partial charge in [0.1, 0.15) is 4.21 Å². The molecule has 1 atom stereocenters. The average molecular weight is 369 g/mol. The van der Waals surface area contributed by atoms with Gasteiger partial charge in [-0.25, -0.2) is 13.1 Å². The smallest absolute Gasteiger partial charge is 0.250 e. The third-order valence-corrected chi connectivity index (χ3v) is 7.46. The number of hydrogen-bond donors (Lipinski definition) is 1. The minimum Gasteiger partial charge on any atom is -0.383 e. The fourth-order valence-corrected chi connectivity index (χ4v) is 5.69. The number of benzene rings is 1. The molecule has 2 aromatic rings. The van der Waals surface area contributed by atoms with Crippen molar-refractivity contribution in [3.63, 3.8) is 0 Å². The standard InChI is InChI=1S/C17H24N2O3S2/c1-22-10-9-19-8-4-5-14(13-19)12-18-24(20,21)17-11-15-6-2-3-7-16(15)23-17/h2-3,6-7,11,14,18H,4-5,8-10,12-13H2,1H3/t14-/m1/s1. The summed E-state index contributed by atoms with van der Waals surface area (Å²) in [5.41, 5.74) is 0. The van der Waals surface area contributed by atoms with Gasteiger partial charge < -0.3 is 9.64 Å². The highest BCUT2D eigenvalue weighted by Crippen LogP contribution is 2.28. The van der Waals surface area contributed by atoms with E-state index in [-0.39, 0.29) is 0 Å². The molecule has 132 valence electrons. The van der Waals surface area contributed by atoms with Crippen molar-refractivity contribution in [1.29, 1.82) is 0 Å². The van der Waals surface area contributed by atoms with Crippen LogP contribution in [-0.4, -0.2) is 53.2 Å². The fraction of sp³-hybridized carbons (Fsp3) is 0.529. The van der Waals surface area contributed by atoms with Gasteiger partial charge in [0.2, 0.25) is 10.0 Å². The van der Waals surface area contributed by atoms with Crippen molar-refractivity contribution in [2.24, 2.45) is 5.92 Å². The van der Waals surface area contributed by atoms with Crippen LogP contribution in [0, 0.1) is 5.92 Å². The van der Waals surface area contributed by atoms with Crippen LogP contribution in [0.15, 0.2) is 34.5 Å². The first-order chi connectivity index (χ1) is 11.6. The molecular formula is C17H24N2O3S2. The van der Waals surface area contributed by atoms with Crippen LogP contribution in [0.25, 0.3) is 10.1 Å². The number of sulfonamides is 1. The summed E-state index contributed by atoms with van der Waals surface area (Å²) in [6, 6.07) is 9.51. The van der Waals surface area contributed by atoms with Gasteiger partial charge in [-0.3, -0.25) is 0 Å². The van der Waals surface area contributed by atoms with E-state index < -0.39 is 10.0 Å². The molecule has 2 heterocycles. The number of piperidine rings is 1. The van der Waals surface area contributed by atoms with E-state index in [9.17, 15) is 8.42 Å². The molecule has 0 spiro atoms. The average Bonchev–Trinajstić information content (AvgIpc) is 3.04. The topological polar surface area (TPSA) is 58.6 Å². The van der Waals surface area contributed by atoms with Gasteiger partial charge in [-0.15, -0.1) is 11.3 Å². The lowest BCUT2D eigenvalue weighted by atomic mass is 9.98. The van der Waals surface area contributed by atoms with Gasteiger partial charge in [0, 0.05) is 31.4 Å². The second-order valence-corrected chi connectivity index (χ2v) is 9.33. The summed E-state index contributed by atoms with van der Waals surface area (Å²) < 4.78 is 34.5. The molecule has 0 amide bonds. The molecule has 24 heavy (non-hydrogen) atoms. The number of ether oxygens (including phenoxy) is 1. The summed E-state index contributed by atoms with van der Waals surface area (Å²) in [5, 5.41) is 0.978. The maximum Gasteiger partial charge on any atom is 0.250 e. The molecular weight excluding hydrogens is 344 g/mol. The van der Waals surface area contributed by atoms with E-state index in [2.05, 4.69) is 9.62 Å². The molecule has 1 aliphatic rings. The van der Waals surface area contributed by atoms with E-state index in [1.807, 2.05) is 24.3 Å². The van der Waals surface area contributed by atoms with Crippen LogP contribution in [0.3, 0.4) is 0 Å². The first-order valence-electron chi connectivity index (χ1n) is 8.28. The molecule has 0 radical (unpaired) electrons. The molecule has 1 N–H and O–H groups in total. The summed E-state index contributed by atoms with van der Waals surface area (Å²) in [4.78, 5) is 2.35. The van der Waals surface area contributed by atoms with Gasteiger partial charge in [0.25, 0.3) is 0 Å². The highest BCUT2D eigenvalue weighted by molar-refractivity contribution is 7.91. The lowest BCUT2D eigenvalue weighted by Crippen LogP contribution is -2.41. The lowest BCUT2D eigenvalue weighted by molar-refractivity contribution is 0.115. The van der Waals surface area contributed by atoms with Crippen LogP contribution in [0.2, 0.25) is 0 Å². The maximum absolute atomic E-state index is 12.6. The van der Waals surface area contributed by atoms with Crippen molar-refractivity contribution in [3.05, 3.63) is 30.3 Å². The molecule has 1 saturated heterocycles. The second kappa shape index (κ2) is 7.93. The number of rotatable bonds is 7. The molecule has 1 aromatic heterocycles. The highest BCUT2D eigenvalue weighted by Gasteiger charge is 2.23. The Balaban J connectivity index is 1.60. The zero-order valence-electron chi connectivity index (χ0n) is 13.9. The number of nitrogens with zero attached hydrogens (tertiary/aromatic N) is 1. The van der Waals surface area contributed by atoms with Gasteiger partial charge in [0.05, 0.1) is 6.61 Å². The number of thiophene rings is 1. The summed E-state index contributed by atoms with van der Waals surface area (Å²) in [6.07, 6.45) is 2.18. The van der Waals surface area contributed by atoms with Crippen molar-refractivity contribution in [2.45, 2.75) is 17.1 Å². The van der Waals surface area contributed by atoms with Crippen molar-refractivity contribution in [2.75, 3.05) is 39.9 Å². The van der Waals surface area contributed by atoms with E-state index >= 15 is 0 Å². The fourth-order valence-electron chi connectivity index (χ4n) is 3.13. The van der Waals surface area contributed by atoms with Crippen molar-refractivity contribution in [1.82, 2.24) is 9.62 Å². The van der Waals surface area contributed by atoms with Crippen molar-refractivity contribution in [3.8, 4) is 0 Å². The third-order valence-electron chi connectivity index (χ3n) is 4.44. The molecule has 0 saturated carbocycles. The highest BCUT2D eigenvalue weighted by atomic mass is 32.2. The molecule has 1 fully saturated rings. The zero-order valence-corrected chi connectivity index (χ0v) is 15.5. The third kappa shape index (κ3) is 4.34. The summed E-state index contributed by atoms with van der Waals surface area (Å²) in [5.74, 6) is 0.361. The Bertz CT molecular complexity index is 740. The number of hydrogen-bond acceptors (Lipinski definition) is 5. The Morgan fingerprint density at radius 2 is 2.21 bits per heavy atom. The first-order valence-corrected chi connectivity index (χ1v) is 10.6. The predicted molar refractivity (Wildman–Crippen MR) is 98.1 cm³/mol. The molecule has 1 aliphatic heterocycles. The van der Waals surface area contributed by atoms with Crippen LogP contribution >= 0.6 is 11.3 Å². The van der Waals surface area contributed by atoms with E-state index in [1.165, 1.54) is 11.3 Å². The Hall–Kier alpha value is -0.990. The van der Waals surface area contributed by atoms with Crippen LogP contribution in [0.1, 0.15) is 12.8 Å². The maximum atomic E-state index is 12.6. The van der Waals surface area contributed by atoms with Gasteiger partial charge in [-0.1, -0.05) is 18.2 Å². The Morgan fingerprint density at radius 1 is 1.38 bits per heavy atom. The SMILES string of the molecule is COCCN1CCC[C@H](CNS(=O)(=O)c2cc3ccccc3s2)C1. The van der Waals surface area contributed by atoms with E-state index in [0.717, 1.165) is 49.2 Å². The van der Waals surface area contributed by atoms with Crippen LogP contribution < -0.4 is 4.72 Å².